The third-order valence-corrected chi connectivity index (χ3v) is 7.22. The van der Waals surface area contributed by atoms with Crippen molar-refractivity contribution < 1.29 is 18.0 Å². The highest BCUT2D eigenvalue weighted by atomic mass is 79.9. The second-order valence-corrected chi connectivity index (χ2v) is 11.3. The van der Waals surface area contributed by atoms with Gasteiger partial charge >= 0.3 is 0 Å². The fourth-order valence-corrected chi connectivity index (χ4v) is 4.73. The van der Waals surface area contributed by atoms with Crippen molar-refractivity contribution in [1.29, 1.82) is 0 Å². The van der Waals surface area contributed by atoms with E-state index >= 15 is 0 Å². The van der Waals surface area contributed by atoms with E-state index in [1.807, 2.05) is 31.2 Å². The van der Waals surface area contributed by atoms with Crippen LogP contribution in [0.15, 0.2) is 53.0 Å². The van der Waals surface area contributed by atoms with Gasteiger partial charge in [0, 0.05) is 35.6 Å². The maximum Gasteiger partial charge on any atom is 0.242 e. The Morgan fingerprint density at radius 1 is 1.09 bits per heavy atom. The van der Waals surface area contributed by atoms with Crippen LogP contribution in [0.4, 0.5) is 5.69 Å². The summed E-state index contributed by atoms with van der Waals surface area (Å²) in [5, 5.41) is 3.35. The maximum atomic E-state index is 13.2. The fourth-order valence-electron chi connectivity index (χ4n) is 3.38. The fraction of sp³-hybridized carbons (Fsp3) is 0.417. The molecule has 1 N–H and O–H groups in total. The van der Waals surface area contributed by atoms with E-state index in [9.17, 15) is 18.0 Å². The molecular formula is C24H31BrClN3O4S. The Morgan fingerprint density at radius 3 is 2.26 bits per heavy atom. The van der Waals surface area contributed by atoms with E-state index in [0.29, 0.717) is 23.7 Å². The highest BCUT2D eigenvalue weighted by Crippen LogP contribution is 2.21. The van der Waals surface area contributed by atoms with E-state index in [2.05, 4.69) is 21.2 Å². The van der Waals surface area contributed by atoms with Crippen molar-refractivity contribution in [2.75, 3.05) is 23.7 Å². The number of rotatable bonds is 12. The number of nitrogens with one attached hydrogen (secondary N) is 1. The molecule has 0 unspecified atom stereocenters. The van der Waals surface area contributed by atoms with Gasteiger partial charge in [-0.05, 0) is 61.7 Å². The zero-order valence-electron chi connectivity index (χ0n) is 19.6. The highest BCUT2D eigenvalue weighted by molar-refractivity contribution is 9.10. The second kappa shape index (κ2) is 13.1. The molecule has 10 heteroatoms. The Bertz CT molecular complexity index is 1060. The summed E-state index contributed by atoms with van der Waals surface area (Å²) in [6.45, 7) is 4.62. The molecule has 0 radical (unpaired) electrons. The Labute approximate surface area is 215 Å². The van der Waals surface area contributed by atoms with E-state index in [1.54, 1.807) is 36.1 Å². The van der Waals surface area contributed by atoms with Gasteiger partial charge in [0.25, 0.3) is 0 Å². The van der Waals surface area contributed by atoms with Crippen molar-refractivity contribution in [3.05, 3.63) is 63.6 Å². The molecule has 186 valence electrons. The number of carbonyl (C=O) groups excluding carboxylic acids is 2. The van der Waals surface area contributed by atoms with Crippen LogP contribution in [0.1, 0.15) is 38.7 Å². The molecule has 0 saturated carbocycles. The summed E-state index contributed by atoms with van der Waals surface area (Å²) >= 11 is 9.32. The molecule has 1 atom stereocenters. The Kier molecular flexibility index (Phi) is 10.9. The predicted molar refractivity (Wildman–Crippen MR) is 140 cm³/mol. The van der Waals surface area contributed by atoms with Crippen molar-refractivity contribution in [3.8, 4) is 0 Å². The quantitative estimate of drug-likeness (QED) is 0.403. The van der Waals surface area contributed by atoms with Crippen LogP contribution in [-0.2, 0) is 26.2 Å². The van der Waals surface area contributed by atoms with Crippen LogP contribution in [0.5, 0.6) is 0 Å². The molecule has 2 rings (SSSR count). The molecule has 0 aliphatic carbocycles. The minimum atomic E-state index is -3.54. The number of amides is 2. The number of anilines is 1. The highest BCUT2D eigenvalue weighted by Gasteiger charge is 2.26. The van der Waals surface area contributed by atoms with E-state index in [4.69, 9.17) is 11.6 Å². The number of hydrogen-bond acceptors (Lipinski definition) is 4. The molecule has 0 aromatic heterocycles. The van der Waals surface area contributed by atoms with Gasteiger partial charge in [-0.15, -0.1) is 0 Å². The van der Waals surface area contributed by atoms with Gasteiger partial charge in [-0.3, -0.25) is 13.9 Å². The Balaban J connectivity index is 2.13. The zero-order chi connectivity index (χ0) is 25.3. The van der Waals surface area contributed by atoms with Crippen LogP contribution in [0.25, 0.3) is 0 Å². The van der Waals surface area contributed by atoms with Crippen LogP contribution in [-0.4, -0.2) is 50.5 Å². The smallest absolute Gasteiger partial charge is 0.242 e. The van der Waals surface area contributed by atoms with Crippen molar-refractivity contribution >= 4 is 55.1 Å². The predicted octanol–water partition coefficient (Wildman–Crippen LogP) is 4.59. The molecule has 0 bridgehead atoms. The first kappa shape index (κ1) is 28.1. The van der Waals surface area contributed by atoms with Crippen molar-refractivity contribution in [1.82, 2.24) is 10.2 Å². The van der Waals surface area contributed by atoms with E-state index in [0.717, 1.165) is 22.7 Å². The van der Waals surface area contributed by atoms with Gasteiger partial charge in [0.05, 0.1) is 11.9 Å². The zero-order valence-corrected chi connectivity index (χ0v) is 22.8. The van der Waals surface area contributed by atoms with Crippen molar-refractivity contribution in [2.45, 2.75) is 45.7 Å². The molecule has 0 fully saturated rings. The average molecular weight is 573 g/mol. The molecule has 0 aliphatic rings. The summed E-state index contributed by atoms with van der Waals surface area (Å²) < 4.78 is 26.8. The van der Waals surface area contributed by atoms with Crippen LogP contribution in [0, 0.1) is 0 Å². The standard InChI is InChI=1S/C24H31BrClN3O4S/c1-4-15-27-24(31)18(2)28(17-19-7-9-20(25)10-8-19)23(30)6-5-16-29(34(3,32)33)22-13-11-21(26)12-14-22/h7-14,18H,4-6,15-17H2,1-3H3,(H,27,31)/t18-/m0/s1. The van der Waals surface area contributed by atoms with Crippen LogP contribution >= 0.6 is 27.5 Å². The molecule has 7 nitrogen and oxygen atoms in total. The first-order valence-electron chi connectivity index (χ1n) is 11.1. The number of sulfonamides is 1. The van der Waals surface area contributed by atoms with E-state index in [-0.39, 0.29) is 31.3 Å². The van der Waals surface area contributed by atoms with Gasteiger partial charge in [0.2, 0.25) is 21.8 Å². The maximum absolute atomic E-state index is 13.2. The third-order valence-electron chi connectivity index (χ3n) is 5.25. The Morgan fingerprint density at radius 2 is 1.71 bits per heavy atom. The summed E-state index contributed by atoms with van der Waals surface area (Å²) in [5.41, 5.74) is 1.38. The van der Waals surface area contributed by atoms with Gasteiger partial charge < -0.3 is 10.2 Å². The van der Waals surface area contributed by atoms with Gasteiger partial charge in [0.15, 0.2) is 0 Å². The largest absolute Gasteiger partial charge is 0.354 e. The number of nitrogens with zero attached hydrogens (tertiary/aromatic N) is 2. The third kappa shape index (κ3) is 8.60. The lowest BCUT2D eigenvalue weighted by Crippen LogP contribution is -2.47. The van der Waals surface area contributed by atoms with Gasteiger partial charge in [-0.25, -0.2) is 8.42 Å². The monoisotopic (exact) mass is 571 g/mol. The number of carbonyl (C=O) groups is 2. The summed E-state index contributed by atoms with van der Waals surface area (Å²) in [4.78, 5) is 27.3. The molecule has 2 aromatic carbocycles. The second-order valence-electron chi connectivity index (χ2n) is 8.03. The first-order chi connectivity index (χ1) is 16.0. The number of hydrogen-bond donors (Lipinski definition) is 1. The summed E-state index contributed by atoms with van der Waals surface area (Å²) in [6.07, 6.45) is 2.32. The van der Waals surface area contributed by atoms with Gasteiger partial charge in [-0.2, -0.15) is 0 Å². The van der Waals surface area contributed by atoms with E-state index < -0.39 is 16.1 Å². The van der Waals surface area contributed by atoms with Crippen LogP contribution in [0.3, 0.4) is 0 Å². The lowest BCUT2D eigenvalue weighted by atomic mass is 10.1. The summed E-state index contributed by atoms with van der Waals surface area (Å²) in [5.74, 6) is -0.433. The molecule has 0 saturated heterocycles. The molecule has 34 heavy (non-hydrogen) atoms. The molecule has 0 spiro atoms. The minimum absolute atomic E-state index is 0.0987. The first-order valence-corrected chi connectivity index (χ1v) is 14.1. The number of halogens is 2. The molecular weight excluding hydrogens is 542 g/mol. The molecule has 2 amide bonds. The number of benzene rings is 2. The normalized spacial score (nSPS) is 12.1. The SMILES string of the molecule is CCCNC(=O)[C@H](C)N(Cc1ccc(Br)cc1)C(=O)CCCN(c1ccc(Cl)cc1)S(C)(=O)=O. The van der Waals surface area contributed by atoms with Gasteiger partial charge in [0.1, 0.15) is 6.04 Å². The minimum Gasteiger partial charge on any atom is -0.354 e. The van der Waals surface area contributed by atoms with Crippen molar-refractivity contribution in [3.63, 3.8) is 0 Å². The Hall–Kier alpha value is -2.10. The van der Waals surface area contributed by atoms with E-state index in [1.165, 1.54) is 4.31 Å². The molecule has 2 aromatic rings. The van der Waals surface area contributed by atoms with Crippen molar-refractivity contribution in [2.24, 2.45) is 0 Å². The topological polar surface area (TPSA) is 86.8 Å². The summed E-state index contributed by atoms with van der Waals surface area (Å²) in [6, 6.07) is 13.4. The molecule has 0 heterocycles. The van der Waals surface area contributed by atoms with Crippen LogP contribution < -0.4 is 9.62 Å². The lowest BCUT2D eigenvalue weighted by Gasteiger charge is -2.29. The average Bonchev–Trinajstić information content (AvgIpc) is 2.79. The van der Waals surface area contributed by atoms with Crippen LogP contribution in [0.2, 0.25) is 5.02 Å². The lowest BCUT2D eigenvalue weighted by molar-refractivity contribution is -0.140. The summed E-state index contributed by atoms with van der Waals surface area (Å²) in [7, 11) is -3.54. The molecule has 0 aliphatic heterocycles. The van der Waals surface area contributed by atoms with Gasteiger partial charge in [-0.1, -0.05) is 46.6 Å².